The molecule has 5 heteroatoms. The van der Waals surface area contributed by atoms with E-state index in [9.17, 15) is 8.78 Å². The minimum atomic E-state index is -0.488. The van der Waals surface area contributed by atoms with Crippen molar-refractivity contribution in [2.24, 2.45) is 0 Å². The van der Waals surface area contributed by atoms with Crippen molar-refractivity contribution >= 4 is 7.69 Å². The van der Waals surface area contributed by atoms with Crippen molar-refractivity contribution in [3.63, 3.8) is 0 Å². The van der Waals surface area contributed by atoms with Crippen LogP contribution in [0.4, 0.5) is 8.78 Å². The molecule has 0 fully saturated rings. The summed E-state index contributed by atoms with van der Waals surface area (Å²) in [5, 5.41) is 0. The van der Waals surface area contributed by atoms with Crippen molar-refractivity contribution in [1.82, 2.24) is 0 Å². The largest absolute Gasteiger partial charge is 0.576 e. The number of benzene rings is 2. The van der Waals surface area contributed by atoms with Gasteiger partial charge in [0.15, 0.2) is 0 Å². The summed E-state index contributed by atoms with van der Waals surface area (Å²) >= 11 is 0. The molecule has 0 bridgehead atoms. The summed E-state index contributed by atoms with van der Waals surface area (Å²) in [6.07, 6.45) is 0. The molecular formula is C14H13BF2O2. The van der Waals surface area contributed by atoms with E-state index in [2.05, 4.69) is 0 Å². The highest BCUT2D eigenvalue weighted by atomic mass is 19.1. The Balaban J connectivity index is 1.81. The fourth-order valence-electron chi connectivity index (χ4n) is 1.52. The second-order valence-corrected chi connectivity index (χ2v) is 3.96. The van der Waals surface area contributed by atoms with Gasteiger partial charge in [-0.1, -0.05) is 24.3 Å². The van der Waals surface area contributed by atoms with Crippen LogP contribution in [0.5, 0.6) is 11.5 Å². The summed E-state index contributed by atoms with van der Waals surface area (Å²) < 4.78 is 35.3. The second-order valence-electron chi connectivity index (χ2n) is 3.96. The van der Waals surface area contributed by atoms with E-state index < -0.39 is 13.3 Å². The van der Waals surface area contributed by atoms with Crippen molar-refractivity contribution in [2.45, 2.75) is 13.3 Å². The van der Waals surface area contributed by atoms with Gasteiger partial charge in [0.1, 0.15) is 24.8 Å². The van der Waals surface area contributed by atoms with Crippen LogP contribution in [0.15, 0.2) is 48.5 Å². The van der Waals surface area contributed by atoms with Gasteiger partial charge in [-0.2, -0.15) is 0 Å². The third kappa shape index (κ3) is 3.98. The maximum absolute atomic E-state index is 12.3. The Labute approximate surface area is 111 Å². The van der Waals surface area contributed by atoms with Crippen molar-refractivity contribution < 1.29 is 18.1 Å². The average Bonchev–Trinajstić information content (AvgIpc) is 2.49. The van der Waals surface area contributed by atoms with Gasteiger partial charge in [0, 0.05) is 0 Å². The first-order chi connectivity index (χ1) is 9.31. The zero-order valence-electron chi connectivity index (χ0n) is 10.3. The van der Waals surface area contributed by atoms with E-state index in [-0.39, 0.29) is 7.69 Å². The van der Waals surface area contributed by atoms with Gasteiger partial charge in [0.05, 0.1) is 0 Å². The summed E-state index contributed by atoms with van der Waals surface area (Å²) in [6, 6.07) is 13.4. The topological polar surface area (TPSA) is 18.5 Å². The lowest BCUT2D eigenvalue weighted by atomic mass is 10.2. The fourth-order valence-corrected chi connectivity index (χ4v) is 1.52. The SMILES string of the molecule is FCc1ccc(OBOc2ccc(CF)cc2)cc1. The first-order valence-corrected chi connectivity index (χ1v) is 5.87. The van der Waals surface area contributed by atoms with Crippen molar-refractivity contribution in [2.75, 3.05) is 0 Å². The van der Waals surface area contributed by atoms with Gasteiger partial charge in [0.25, 0.3) is 0 Å². The van der Waals surface area contributed by atoms with Gasteiger partial charge in [-0.05, 0) is 35.4 Å². The predicted molar refractivity (Wildman–Crippen MR) is 70.9 cm³/mol. The van der Waals surface area contributed by atoms with E-state index in [0.717, 1.165) is 0 Å². The summed E-state index contributed by atoms with van der Waals surface area (Å²) in [7, 11) is 0.0456. The van der Waals surface area contributed by atoms with Crippen LogP contribution >= 0.6 is 0 Å². The highest BCUT2D eigenvalue weighted by molar-refractivity contribution is 6.20. The molecule has 98 valence electrons. The molecule has 0 N–H and O–H groups in total. The van der Waals surface area contributed by atoms with Gasteiger partial charge < -0.3 is 9.31 Å². The van der Waals surface area contributed by atoms with E-state index in [4.69, 9.17) is 9.31 Å². The normalized spacial score (nSPS) is 10.0. The number of rotatable bonds is 6. The highest BCUT2D eigenvalue weighted by Crippen LogP contribution is 2.15. The van der Waals surface area contributed by atoms with E-state index in [1.807, 2.05) is 0 Å². The molecule has 0 aliphatic carbocycles. The van der Waals surface area contributed by atoms with Crippen LogP contribution in [0.1, 0.15) is 11.1 Å². The zero-order valence-corrected chi connectivity index (χ0v) is 10.3. The molecule has 0 unspecified atom stereocenters. The van der Waals surface area contributed by atoms with Crippen LogP contribution in [0.2, 0.25) is 0 Å². The van der Waals surface area contributed by atoms with Crippen molar-refractivity contribution in [1.29, 1.82) is 0 Å². The molecule has 19 heavy (non-hydrogen) atoms. The van der Waals surface area contributed by atoms with Crippen LogP contribution in [0.3, 0.4) is 0 Å². The molecule has 0 amide bonds. The lowest BCUT2D eigenvalue weighted by molar-refractivity contribution is 0.456. The Kier molecular flexibility index (Phi) is 4.78. The van der Waals surface area contributed by atoms with Crippen molar-refractivity contribution in [3.8, 4) is 11.5 Å². The molecule has 0 heterocycles. The average molecular weight is 262 g/mol. The summed E-state index contributed by atoms with van der Waals surface area (Å²) in [6.45, 7) is -0.977. The van der Waals surface area contributed by atoms with Crippen LogP contribution in [0, 0.1) is 0 Å². The number of hydrogen-bond acceptors (Lipinski definition) is 2. The van der Waals surface area contributed by atoms with Crippen LogP contribution in [-0.2, 0) is 13.3 Å². The van der Waals surface area contributed by atoms with E-state index in [1.165, 1.54) is 0 Å². The maximum Gasteiger partial charge on any atom is 0.576 e. The summed E-state index contributed by atoms with van der Waals surface area (Å²) in [5.41, 5.74) is 1.21. The first-order valence-electron chi connectivity index (χ1n) is 5.87. The molecule has 0 saturated carbocycles. The number of alkyl halides is 2. The molecule has 0 aromatic heterocycles. The molecule has 2 aromatic rings. The Morgan fingerprint density at radius 3 is 1.37 bits per heavy atom. The third-order valence-corrected chi connectivity index (χ3v) is 2.61. The van der Waals surface area contributed by atoms with Gasteiger partial charge in [0.2, 0.25) is 0 Å². The van der Waals surface area contributed by atoms with Gasteiger partial charge in [-0.15, -0.1) is 0 Å². The van der Waals surface area contributed by atoms with E-state index in [0.29, 0.717) is 22.6 Å². The minimum absolute atomic E-state index is 0.0456. The molecule has 0 saturated heterocycles. The second kappa shape index (κ2) is 6.78. The maximum atomic E-state index is 12.3. The molecule has 2 rings (SSSR count). The number of hydrogen-bond donors (Lipinski definition) is 0. The quantitative estimate of drug-likeness (QED) is 0.743. The van der Waals surface area contributed by atoms with E-state index in [1.54, 1.807) is 48.5 Å². The zero-order chi connectivity index (χ0) is 13.5. The molecule has 0 atom stereocenters. The molecular weight excluding hydrogens is 249 g/mol. The number of halogens is 2. The third-order valence-electron chi connectivity index (χ3n) is 2.61. The summed E-state index contributed by atoms with van der Waals surface area (Å²) in [5.74, 6) is 1.22. The lowest BCUT2D eigenvalue weighted by Crippen LogP contribution is -2.10. The Morgan fingerprint density at radius 1 is 0.684 bits per heavy atom. The van der Waals surface area contributed by atoms with Crippen LogP contribution in [-0.4, -0.2) is 7.69 Å². The molecule has 2 nitrogen and oxygen atoms in total. The van der Waals surface area contributed by atoms with Gasteiger partial charge in [-0.3, -0.25) is 0 Å². The first kappa shape index (κ1) is 13.4. The highest BCUT2D eigenvalue weighted by Gasteiger charge is 2.00. The van der Waals surface area contributed by atoms with Crippen molar-refractivity contribution in [3.05, 3.63) is 59.7 Å². The Bertz CT molecular complexity index is 452. The Morgan fingerprint density at radius 2 is 1.05 bits per heavy atom. The molecule has 0 radical (unpaired) electrons. The molecule has 0 aliphatic heterocycles. The molecule has 0 spiro atoms. The van der Waals surface area contributed by atoms with Crippen LogP contribution < -0.4 is 9.31 Å². The fraction of sp³-hybridized carbons (Fsp3) is 0.143. The van der Waals surface area contributed by atoms with E-state index >= 15 is 0 Å². The lowest BCUT2D eigenvalue weighted by Gasteiger charge is -2.08. The molecule has 2 aromatic carbocycles. The van der Waals surface area contributed by atoms with Crippen LogP contribution in [0.25, 0.3) is 0 Å². The Hall–Kier alpha value is -2.04. The standard InChI is InChI=1S/C14H13BF2O2/c16-9-11-1-5-13(6-2-11)18-15-19-14-7-3-12(10-17)4-8-14/h1-8,15H,9-10H2. The predicted octanol–water partition coefficient (Wildman–Crippen LogP) is 3.35. The van der Waals surface area contributed by atoms with Gasteiger partial charge >= 0.3 is 7.69 Å². The smallest absolute Gasteiger partial charge is 0.529 e. The minimum Gasteiger partial charge on any atom is -0.529 e. The van der Waals surface area contributed by atoms with Gasteiger partial charge in [-0.25, -0.2) is 8.78 Å². The summed E-state index contributed by atoms with van der Waals surface area (Å²) in [4.78, 5) is 0. The molecule has 0 aliphatic rings. The monoisotopic (exact) mass is 262 g/mol.